The molecule has 2 heteroatoms. The summed E-state index contributed by atoms with van der Waals surface area (Å²) in [7, 11) is 0. The Morgan fingerprint density at radius 1 is 1.23 bits per heavy atom. The van der Waals surface area contributed by atoms with Gasteiger partial charge >= 0.3 is 0 Å². The minimum absolute atomic E-state index is 0.112. The first-order valence-electron chi connectivity index (χ1n) is 4.60. The van der Waals surface area contributed by atoms with Gasteiger partial charge in [0.25, 0.3) is 0 Å². The highest BCUT2D eigenvalue weighted by atomic mass is 16.3. The van der Waals surface area contributed by atoms with Crippen LogP contribution >= 0.6 is 0 Å². The van der Waals surface area contributed by atoms with Crippen molar-refractivity contribution in [3.63, 3.8) is 0 Å². The predicted octanol–water partition coefficient (Wildman–Crippen LogP) is 2.54. The molecule has 0 amide bonds. The van der Waals surface area contributed by atoms with Gasteiger partial charge < -0.3 is 10.8 Å². The van der Waals surface area contributed by atoms with Crippen molar-refractivity contribution in [1.29, 1.82) is 0 Å². The largest absolute Gasteiger partial charge is 0.508 e. The second kappa shape index (κ2) is 3.79. The average Bonchev–Trinajstić information content (AvgIpc) is 2.04. The summed E-state index contributed by atoms with van der Waals surface area (Å²) < 4.78 is 0. The molecule has 2 nitrogen and oxygen atoms in total. The van der Waals surface area contributed by atoms with Gasteiger partial charge in [-0.2, -0.15) is 0 Å². The molecule has 0 aliphatic carbocycles. The first-order valence-corrected chi connectivity index (χ1v) is 4.60. The summed E-state index contributed by atoms with van der Waals surface area (Å²) in [5, 5.41) is 9.51. The third-order valence-corrected chi connectivity index (χ3v) is 2.21. The first-order chi connectivity index (χ1) is 6.02. The van der Waals surface area contributed by atoms with Crippen molar-refractivity contribution < 1.29 is 5.11 Å². The summed E-state index contributed by atoms with van der Waals surface area (Å²) in [5.41, 5.74) is 7.76. The molecule has 1 aromatic carbocycles. The average molecular weight is 179 g/mol. The molecule has 0 saturated heterocycles. The number of hydrogen-bond acceptors (Lipinski definition) is 2. The van der Waals surface area contributed by atoms with E-state index in [0.29, 0.717) is 11.7 Å². The van der Waals surface area contributed by atoms with Crippen LogP contribution in [0.2, 0.25) is 0 Å². The molecule has 0 aliphatic rings. The smallest absolute Gasteiger partial charge is 0.120 e. The quantitative estimate of drug-likeness (QED) is 0.732. The van der Waals surface area contributed by atoms with E-state index < -0.39 is 0 Å². The maximum Gasteiger partial charge on any atom is 0.120 e. The summed E-state index contributed by atoms with van der Waals surface area (Å²) in [5.74, 6) is 0.762. The lowest BCUT2D eigenvalue weighted by atomic mass is 9.98. The summed E-state index contributed by atoms with van der Waals surface area (Å²) in [6, 6.07) is 5.52. The summed E-state index contributed by atoms with van der Waals surface area (Å²) >= 11 is 0. The van der Waals surface area contributed by atoms with Crippen molar-refractivity contribution in [2.75, 3.05) is 0 Å². The van der Waals surface area contributed by atoms with Crippen LogP contribution in [-0.4, -0.2) is 5.11 Å². The van der Waals surface area contributed by atoms with Crippen LogP contribution in [0.3, 0.4) is 0 Å². The molecule has 0 spiro atoms. The van der Waals surface area contributed by atoms with E-state index in [1.54, 1.807) is 6.07 Å². The van der Waals surface area contributed by atoms with Crippen LogP contribution in [0.25, 0.3) is 0 Å². The third kappa shape index (κ3) is 2.22. The minimum atomic E-state index is -0.112. The molecule has 3 N–H and O–H groups in total. The Morgan fingerprint density at radius 2 is 1.85 bits per heavy atom. The number of aromatic hydroxyl groups is 1. The summed E-state index contributed by atoms with van der Waals surface area (Å²) in [6.07, 6.45) is 0. The van der Waals surface area contributed by atoms with Gasteiger partial charge in [0.05, 0.1) is 0 Å². The highest BCUT2D eigenvalue weighted by molar-refractivity contribution is 5.38. The third-order valence-electron chi connectivity index (χ3n) is 2.21. The summed E-state index contributed by atoms with van der Waals surface area (Å²) in [6.45, 7) is 6.12. The Morgan fingerprint density at radius 3 is 2.31 bits per heavy atom. The Hall–Kier alpha value is -1.02. The highest BCUT2D eigenvalue weighted by Crippen LogP contribution is 2.26. The van der Waals surface area contributed by atoms with E-state index in [9.17, 15) is 5.11 Å². The van der Waals surface area contributed by atoms with Gasteiger partial charge in [-0.1, -0.05) is 26.0 Å². The topological polar surface area (TPSA) is 46.2 Å². The maximum absolute atomic E-state index is 9.51. The Bertz CT molecular complexity index is 292. The molecule has 1 atom stereocenters. The fourth-order valence-corrected chi connectivity index (χ4v) is 1.30. The lowest BCUT2D eigenvalue weighted by Crippen LogP contribution is -2.06. The monoisotopic (exact) mass is 179 g/mol. The molecular weight excluding hydrogens is 162 g/mol. The van der Waals surface area contributed by atoms with E-state index in [0.717, 1.165) is 5.56 Å². The van der Waals surface area contributed by atoms with Crippen LogP contribution in [0.5, 0.6) is 5.75 Å². The molecule has 0 radical (unpaired) electrons. The summed E-state index contributed by atoms with van der Waals surface area (Å²) in [4.78, 5) is 0. The van der Waals surface area contributed by atoms with Gasteiger partial charge in [0.15, 0.2) is 0 Å². The molecule has 13 heavy (non-hydrogen) atoms. The van der Waals surface area contributed by atoms with Crippen molar-refractivity contribution in [2.24, 2.45) is 5.73 Å². The number of phenolic OH excluding ortho intramolecular Hbond substituents is 1. The van der Waals surface area contributed by atoms with E-state index in [-0.39, 0.29) is 6.04 Å². The molecule has 1 aromatic rings. The minimum Gasteiger partial charge on any atom is -0.508 e. The normalized spacial score (nSPS) is 13.3. The van der Waals surface area contributed by atoms with Gasteiger partial charge in [-0.05, 0) is 24.5 Å². The molecule has 0 unspecified atom stereocenters. The molecular formula is C11H17NO. The molecule has 72 valence electrons. The Balaban J connectivity index is 3.11. The SMILES string of the molecule is CC(C)c1ccc(O)c([C@H](C)N)c1. The number of hydrogen-bond donors (Lipinski definition) is 2. The zero-order chi connectivity index (χ0) is 10.0. The van der Waals surface area contributed by atoms with Crippen LogP contribution < -0.4 is 5.73 Å². The standard InChI is InChI=1S/C11H17NO/c1-7(2)9-4-5-11(13)10(6-9)8(3)12/h4-8,13H,12H2,1-3H3/t8-/m0/s1. The van der Waals surface area contributed by atoms with Gasteiger partial charge in [-0.3, -0.25) is 0 Å². The van der Waals surface area contributed by atoms with Gasteiger partial charge in [0, 0.05) is 11.6 Å². The predicted molar refractivity (Wildman–Crippen MR) is 54.8 cm³/mol. The lowest BCUT2D eigenvalue weighted by molar-refractivity contribution is 0.463. The molecule has 0 heterocycles. The molecule has 1 rings (SSSR count). The van der Waals surface area contributed by atoms with Crippen molar-refractivity contribution in [1.82, 2.24) is 0 Å². The second-order valence-electron chi connectivity index (χ2n) is 3.76. The van der Waals surface area contributed by atoms with Crippen LogP contribution in [0.4, 0.5) is 0 Å². The molecule has 0 bridgehead atoms. The van der Waals surface area contributed by atoms with Gasteiger partial charge in [0.1, 0.15) is 5.75 Å². The van der Waals surface area contributed by atoms with Crippen molar-refractivity contribution >= 4 is 0 Å². The van der Waals surface area contributed by atoms with Crippen molar-refractivity contribution in [2.45, 2.75) is 32.7 Å². The van der Waals surface area contributed by atoms with Crippen LogP contribution in [-0.2, 0) is 0 Å². The number of benzene rings is 1. The van der Waals surface area contributed by atoms with Crippen molar-refractivity contribution in [3.8, 4) is 5.75 Å². The van der Waals surface area contributed by atoms with E-state index in [1.807, 2.05) is 19.1 Å². The molecule has 0 fully saturated rings. The molecule has 0 aliphatic heterocycles. The highest BCUT2D eigenvalue weighted by Gasteiger charge is 2.08. The fraction of sp³-hybridized carbons (Fsp3) is 0.455. The molecule has 0 saturated carbocycles. The number of rotatable bonds is 2. The zero-order valence-electron chi connectivity index (χ0n) is 8.41. The van der Waals surface area contributed by atoms with Crippen molar-refractivity contribution in [3.05, 3.63) is 29.3 Å². The fourth-order valence-electron chi connectivity index (χ4n) is 1.30. The Labute approximate surface area is 79.4 Å². The van der Waals surface area contributed by atoms with Gasteiger partial charge in [-0.25, -0.2) is 0 Å². The van der Waals surface area contributed by atoms with Crippen LogP contribution in [0.15, 0.2) is 18.2 Å². The second-order valence-corrected chi connectivity index (χ2v) is 3.76. The Kier molecular flexibility index (Phi) is 2.94. The molecule has 0 aromatic heterocycles. The van der Waals surface area contributed by atoms with E-state index in [4.69, 9.17) is 5.73 Å². The van der Waals surface area contributed by atoms with Gasteiger partial charge in [-0.15, -0.1) is 0 Å². The number of phenols is 1. The van der Waals surface area contributed by atoms with Gasteiger partial charge in [0.2, 0.25) is 0 Å². The lowest BCUT2D eigenvalue weighted by Gasteiger charge is -2.12. The van der Waals surface area contributed by atoms with Crippen LogP contribution in [0, 0.1) is 0 Å². The maximum atomic E-state index is 9.51. The van der Waals surface area contributed by atoms with E-state index >= 15 is 0 Å². The van der Waals surface area contributed by atoms with Crippen LogP contribution in [0.1, 0.15) is 43.9 Å². The number of nitrogens with two attached hydrogens (primary N) is 1. The first kappa shape index (κ1) is 10.1. The van der Waals surface area contributed by atoms with E-state index in [2.05, 4.69) is 13.8 Å². The van der Waals surface area contributed by atoms with E-state index in [1.165, 1.54) is 5.56 Å². The zero-order valence-corrected chi connectivity index (χ0v) is 8.41.